The first-order valence-electron chi connectivity index (χ1n) is 8.19. The van der Waals surface area contributed by atoms with Crippen LogP contribution in [0.25, 0.3) is 0 Å². The molecule has 1 aliphatic heterocycles. The van der Waals surface area contributed by atoms with Crippen LogP contribution in [0.3, 0.4) is 0 Å². The van der Waals surface area contributed by atoms with Crippen molar-refractivity contribution in [3.8, 4) is 0 Å². The van der Waals surface area contributed by atoms with Crippen molar-refractivity contribution < 1.29 is 14.4 Å². The Labute approximate surface area is 156 Å². The maximum Gasteiger partial charge on any atom is 0.244 e. The summed E-state index contributed by atoms with van der Waals surface area (Å²) >= 11 is 1.48. The first kappa shape index (κ1) is 18.0. The average molecular weight is 369 g/mol. The Kier molecular flexibility index (Phi) is 5.58. The Morgan fingerprint density at radius 3 is 2.62 bits per heavy atom. The molecule has 0 atom stereocenters. The number of carbonyl (C=O) groups excluding carboxylic acids is 3. The van der Waals surface area contributed by atoms with Crippen molar-refractivity contribution in [1.29, 1.82) is 0 Å². The first-order valence-corrected chi connectivity index (χ1v) is 9.17. The first-order chi connectivity index (χ1) is 12.6. The van der Waals surface area contributed by atoms with E-state index < -0.39 is 0 Å². The average Bonchev–Trinajstić information content (AvgIpc) is 2.65. The van der Waals surface area contributed by atoms with Gasteiger partial charge in [0.05, 0.1) is 17.9 Å². The van der Waals surface area contributed by atoms with Crippen LogP contribution >= 0.6 is 11.8 Å². The molecule has 134 valence electrons. The second-order valence-electron chi connectivity index (χ2n) is 5.79. The lowest BCUT2D eigenvalue weighted by Crippen LogP contribution is -2.41. The summed E-state index contributed by atoms with van der Waals surface area (Å²) in [5.74, 6) is -0.215. The van der Waals surface area contributed by atoms with Crippen molar-refractivity contribution in [3.63, 3.8) is 0 Å². The smallest absolute Gasteiger partial charge is 0.244 e. The molecule has 0 bridgehead atoms. The number of amides is 3. The molecule has 0 aliphatic carbocycles. The number of nitrogens with zero attached hydrogens (tertiary/aromatic N) is 1. The molecular formula is C19H19N3O3S. The van der Waals surface area contributed by atoms with Crippen LogP contribution in [0.5, 0.6) is 0 Å². The Balaban J connectivity index is 1.74. The van der Waals surface area contributed by atoms with Gasteiger partial charge in [-0.3, -0.25) is 14.4 Å². The van der Waals surface area contributed by atoms with Crippen LogP contribution in [0.15, 0.2) is 53.4 Å². The summed E-state index contributed by atoms with van der Waals surface area (Å²) in [5.41, 5.74) is 2.05. The molecular weight excluding hydrogens is 350 g/mol. The number of benzene rings is 2. The minimum atomic E-state index is -0.301. The van der Waals surface area contributed by atoms with E-state index in [-0.39, 0.29) is 30.7 Å². The number of fused-ring (bicyclic) bond motifs is 1. The van der Waals surface area contributed by atoms with Crippen LogP contribution in [0.4, 0.5) is 11.4 Å². The van der Waals surface area contributed by atoms with Gasteiger partial charge in [-0.05, 0) is 23.8 Å². The Bertz CT molecular complexity index is 853. The molecule has 7 heteroatoms. The van der Waals surface area contributed by atoms with Crippen LogP contribution in [-0.4, -0.2) is 37.1 Å². The quantitative estimate of drug-likeness (QED) is 0.846. The normalized spacial score (nSPS) is 13.1. The van der Waals surface area contributed by atoms with Gasteiger partial charge in [-0.1, -0.05) is 30.3 Å². The van der Waals surface area contributed by atoms with Gasteiger partial charge in [-0.15, -0.1) is 11.8 Å². The zero-order chi connectivity index (χ0) is 18.5. The predicted octanol–water partition coefficient (Wildman–Crippen LogP) is 2.05. The summed E-state index contributed by atoms with van der Waals surface area (Å²) in [6, 6.07) is 14.7. The number of hydrogen-bond donors (Lipinski definition) is 2. The van der Waals surface area contributed by atoms with E-state index in [1.54, 1.807) is 25.2 Å². The number of rotatable bonds is 5. The third-order valence-corrected chi connectivity index (χ3v) is 5.08. The van der Waals surface area contributed by atoms with Gasteiger partial charge in [-0.2, -0.15) is 0 Å². The second kappa shape index (κ2) is 8.05. The molecule has 26 heavy (non-hydrogen) atoms. The Morgan fingerprint density at radius 1 is 1.08 bits per heavy atom. The van der Waals surface area contributed by atoms with E-state index in [1.807, 2.05) is 30.3 Å². The molecule has 2 N–H and O–H groups in total. The van der Waals surface area contributed by atoms with Crippen molar-refractivity contribution in [2.45, 2.75) is 11.3 Å². The molecule has 0 radical (unpaired) electrons. The van der Waals surface area contributed by atoms with Gasteiger partial charge in [-0.25, -0.2) is 0 Å². The molecule has 2 aromatic rings. The minimum Gasteiger partial charge on any atom is -0.359 e. The molecule has 0 fully saturated rings. The van der Waals surface area contributed by atoms with E-state index in [4.69, 9.17) is 0 Å². The molecule has 0 saturated carbocycles. The van der Waals surface area contributed by atoms with Crippen molar-refractivity contribution in [2.75, 3.05) is 29.6 Å². The fourth-order valence-electron chi connectivity index (χ4n) is 2.72. The highest BCUT2D eigenvalue weighted by atomic mass is 32.2. The molecule has 0 unspecified atom stereocenters. The van der Waals surface area contributed by atoms with E-state index in [2.05, 4.69) is 10.6 Å². The van der Waals surface area contributed by atoms with Gasteiger partial charge < -0.3 is 15.5 Å². The van der Waals surface area contributed by atoms with Gasteiger partial charge in [0.15, 0.2) is 0 Å². The highest BCUT2D eigenvalue weighted by Gasteiger charge is 2.26. The minimum absolute atomic E-state index is 0.0648. The molecule has 6 nitrogen and oxygen atoms in total. The lowest BCUT2D eigenvalue weighted by atomic mass is 10.1. The predicted molar refractivity (Wildman–Crippen MR) is 102 cm³/mol. The summed E-state index contributed by atoms with van der Waals surface area (Å²) in [6.45, 7) is -0.0648. The topological polar surface area (TPSA) is 78.5 Å². The zero-order valence-corrected chi connectivity index (χ0v) is 15.1. The lowest BCUT2D eigenvalue weighted by Gasteiger charge is -2.28. The SMILES string of the molecule is CNC(=O)Cc1ccccc1NC(=O)CN1C(=O)CSc2ccccc21. The van der Waals surface area contributed by atoms with Gasteiger partial charge in [0.1, 0.15) is 6.54 Å². The van der Waals surface area contributed by atoms with Crippen LogP contribution in [0.2, 0.25) is 0 Å². The third kappa shape index (κ3) is 4.05. The molecule has 3 rings (SSSR count). The van der Waals surface area contributed by atoms with Gasteiger partial charge >= 0.3 is 0 Å². The van der Waals surface area contributed by atoms with Crippen molar-refractivity contribution >= 4 is 40.9 Å². The van der Waals surface area contributed by atoms with E-state index in [9.17, 15) is 14.4 Å². The molecule has 0 spiro atoms. The number of hydrogen-bond acceptors (Lipinski definition) is 4. The summed E-state index contributed by atoms with van der Waals surface area (Å²) in [5, 5.41) is 5.39. The number of likely N-dealkylation sites (N-methyl/N-ethyl adjacent to an activating group) is 1. The Hall–Kier alpha value is -2.80. The number of para-hydroxylation sites is 2. The highest BCUT2D eigenvalue weighted by molar-refractivity contribution is 8.00. The van der Waals surface area contributed by atoms with E-state index in [0.717, 1.165) is 16.1 Å². The Morgan fingerprint density at radius 2 is 1.81 bits per heavy atom. The molecule has 3 amide bonds. The highest BCUT2D eigenvalue weighted by Crippen LogP contribution is 2.34. The fraction of sp³-hybridized carbons (Fsp3) is 0.211. The molecule has 0 saturated heterocycles. The third-order valence-electron chi connectivity index (χ3n) is 4.03. The van der Waals surface area contributed by atoms with Crippen LogP contribution in [0.1, 0.15) is 5.56 Å². The maximum atomic E-state index is 12.5. The van der Waals surface area contributed by atoms with E-state index in [1.165, 1.54) is 16.7 Å². The largest absolute Gasteiger partial charge is 0.359 e. The van der Waals surface area contributed by atoms with Crippen LogP contribution in [0, 0.1) is 0 Å². The molecule has 1 aliphatic rings. The molecule has 2 aromatic carbocycles. The van der Waals surface area contributed by atoms with Crippen LogP contribution in [-0.2, 0) is 20.8 Å². The number of thioether (sulfide) groups is 1. The maximum absolute atomic E-state index is 12.5. The fourth-order valence-corrected chi connectivity index (χ4v) is 3.65. The summed E-state index contributed by atoms with van der Waals surface area (Å²) in [4.78, 5) is 38.9. The summed E-state index contributed by atoms with van der Waals surface area (Å²) < 4.78 is 0. The number of carbonyl (C=O) groups is 3. The van der Waals surface area contributed by atoms with Crippen molar-refractivity contribution in [1.82, 2.24) is 5.32 Å². The van der Waals surface area contributed by atoms with Gasteiger partial charge in [0, 0.05) is 17.6 Å². The second-order valence-corrected chi connectivity index (χ2v) is 6.81. The van der Waals surface area contributed by atoms with Crippen molar-refractivity contribution in [3.05, 3.63) is 54.1 Å². The van der Waals surface area contributed by atoms with Crippen molar-refractivity contribution in [2.24, 2.45) is 0 Å². The van der Waals surface area contributed by atoms with Gasteiger partial charge in [0.2, 0.25) is 17.7 Å². The molecule has 0 aromatic heterocycles. The van der Waals surface area contributed by atoms with E-state index in [0.29, 0.717) is 11.4 Å². The van der Waals surface area contributed by atoms with Gasteiger partial charge in [0.25, 0.3) is 0 Å². The standard InChI is InChI=1S/C19H19N3O3S/c1-20-17(23)10-13-6-2-3-7-14(13)21-18(24)11-22-15-8-4-5-9-16(15)26-12-19(22)25/h2-9H,10-12H2,1H3,(H,20,23)(H,21,24). The lowest BCUT2D eigenvalue weighted by molar-refractivity contribution is -0.120. The molecule has 1 heterocycles. The monoisotopic (exact) mass is 369 g/mol. The summed E-state index contributed by atoms with van der Waals surface area (Å²) in [6.07, 6.45) is 0.176. The zero-order valence-electron chi connectivity index (χ0n) is 14.3. The van der Waals surface area contributed by atoms with Crippen LogP contribution < -0.4 is 15.5 Å². The van der Waals surface area contributed by atoms with E-state index >= 15 is 0 Å². The number of nitrogens with one attached hydrogen (secondary N) is 2. The summed E-state index contributed by atoms with van der Waals surface area (Å²) in [7, 11) is 1.57. The number of anilines is 2.